The summed E-state index contributed by atoms with van der Waals surface area (Å²) in [6.45, 7) is 5.98. The van der Waals surface area contributed by atoms with E-state index in [-0.39, 0.29) is 5.91 Å². The van der Waals surface area contributed by atoms with E-state index in [0.717, 1.165) is 37.4 Å². The molecule has 0 bridgehead atoms. The van der Waals surface area contributed by atoms with Gasteiger partial charge in [0.05, 0.1) is 12.1 Å². The highest BCUT2D eigenvalue weighted by Crippen LogP contribution is 2.26. The van der Waals surface area contributed by atoms with Crippen molar-refractivity contribution in [1.29, 1.82) is 0 Å². The topological polar surface area (TPSA) is 45.2 Å². The molecule has 0 aliphatic carbocycles. The van der Waals surface area contributed by atoms with Gasteiger partial charge in [-0.1, -0.05) is 6.07 Å². The summed E-state index contributed by atoms with van der Waals surface area (Å²) < 4.78 is 0. The standard InChI is InChI=1S/C14H19N3O/c1-10-3-2-4-16-13(10)5-14(18)17-8-11-6-15-7-12(11)9-17/h2-4,11-12,15H,5-9H2,1H3. The van der Waals surface area contributed by atoms with Crippen molar-refractivity contribution in [1.82, 2.24) is 15.2 Å². The third kappa shape index (κ3) is 2.12. The van der Waals surface area contributed by atoms with E-state index in [1.54, 1.807) is 6.20 Å². The van der Waals surface area contributed by atoms with E-state index >= 15 is 0 Å². The molecule has 0 radical (unpaired) electrons. The average Bonchev–Trinajstić information content (AvgIpc) is 2.92. The lowest BCUT2D eigenvalue weighted by Crippen LogP contribution is -2.33. The van der Waals surface area contributed by atoms with Crippen molar-refractivity contribution in [2.45, 2.75) is 13.3 Å². The summed E-state index contributed by atoms with van der Waals surface area (Å²) in [4.78, 5) is 18.6. The molecule has 0 aromatic carbocycles. The molecule has 1 aromatic heterocycles. The van der Waals surface area contributed by atoms with E-state index < -0.39 is 0 Å². The second-order valence-corrected chi connectivity index (χ2v) is 5.42. The van der Waals surface area contributed by atoms with Crippen LogP contribution in [-0.2, 0) is 11.2 Å². The molecule has 2 saturated heterocycles. The Hall–Kier alpha value is -1.42. The van der Waals surface area contributed by atoms with E-state index in [1.165, 1.54) is 0 Å². The van der Waals surface area contributed by atoms with Gasteiger partial charge >= 0.3 is 0 Å². The van der Waals surface area contributed by atoms with Crippen LogP contribution in [0.4, 0.5) is 0 Å². The molecule has 4 heteroatoms. The molecule has 2 unspecified atom stereocenters. The number of rotatable bonds is 2. The molecule has 2 atom stereocenters. The molecule has 3 rings (SSSR count). The molecule has 2 aliphatic rings. The molecule has 4 nitrogen and oxygen atoms in total. The first-order chi connectivity index (χ1) is 8.74. The predicted molar refractivity (Wildman–Crippen MR) is 69.1 cm³/mol. The van der Waals surface area contributed by atoms with Crippen molar-refractivity contribution < 1.29 is 4.79 Å². The van der Waals surface area contributed by atoms with Gasteiger partial charge in [0.15, 0.2) is 0 Å². The molecule has 18 heavy (non-hydrogen) atoms. The summed E-state index contributed by atoms with van der Waals surface area (Å²) >= 11 is 0. The fourth-order valence-electron chi connectivity index (χ4n) is 3.02. The van der Waals surface area contributed by atoms with Crippen molar-refractivity contribution in [2.75, 3.05) is 26.2 Å². The maximum atomic E-state index is 12.3. The lowest BCUT2D eigenvalue weighted by atomic mass is 10.0. The van der Waals surface area contributed by atoms with Gasteiger partial charge in [-0.2, -0.15) is 0 Å². The minimum Gasteiger partial charge on any atom is -0.342 e. The number of hydrogen-bond acceptors (Lipinski definition) is 3. The first-order valence-corrected chi connectivity index (χ1v) is 6.63. The van der Waals surface area contributed by atoms with Crippen LogP contribution in [0.15, 0.2) is 18.3 Å². The first-order valence-electron chi connectivity index (χ1n) is 6.63. The Morgan fingerprint density at radius 2 is 2.17 bits per heavy atom. The van der Waals surface area contributed by atoms with Gasteiger partial charge in [-0.15, -0.1) is 0 Å². The molecular formula is C14H19N3O. The smallest absolute Gasteiger partial charge is 0.228 e. The van der Waals surface area contributed by atoms with E-state index in [1.807, 2.05) is 24.0 Å². The SMILES string of the molecule is Cc1cccnc1CC(=O)N1CC2CNCC2C1. The zero-order chi connectivity index (χ0) is 12.5. The molecule has 2 aliphatic heterocycles. The van der Waals surface area contributed by atoms with Gasteiger partial charge in [-0.25, -0.2) is 0 Å². The van der Waals surface area contributed by atoms with Crippen LogP contribution in [0.25, 0.3) is 0 Å². The summed E-state index contributed by atoms with van der Waals surface area (Å²) in [6.07, 6.45) is 2.21. The molecule has 1 aromatic rings. The Morgan fingerprint density at radius 1 is 1.44 bits per heavy atom. The van der Waals surface area contributed by atoms with Crippen molar-refractivity contribution >= 4 is 5.91 Å². The number of likely N-dealkylation sites (tertiary alicyclic amines) is 1. The normalized spacial score (nSPS) is 26.4. The van der Waals surface area contributed by atoms with Gasteiger partial charge in [0.1, 0.15) is 0 Å². The number of nitrogens with zero attached hydrogens (tertiary/aromatic N) is 2. The molecule has 1 amide bonds. The third-order valence-electron chi connectivity index (χ3n) is 4.18. The van der Waals surface area contributed by atoms with Gasteiger partial charge in [0.2, 0.25) is 5.91 Å². The minimum atomic E-state index is 0.228. The Balaban J connectivity index is 1.64. The zero-order valence-corrected chi connectivity index (χ0v) is 10.7. The number of carbonyl (C=O) groups is 1. The molecular weight excluding hydrogens is 226 g/mol. The highest BCUT2D eigenvalue weighted by Gasteiger charge is 2.37. The van der Waals surface area contributed by atoms with Crippen molar-refractivity contribution in [3.8, 4) is 0 Å². The van der Waals surface area contributed by atoms with Crippen molar-refractivity contribution in [3.05, 3.63) is 29.6 Å². The Kier molecular flexibility index (Phi) is 3.04. The van der Waals surface area contributed by atoms with Crippen LogP contribution < -0.4 is 5.32 Å². The van der Waals surface area contributed by atoms with Crippen LogP contribution in [-0.4, -0.2) is 42.0 Å². The number of pyridine rings is 1. The van der Waals surface area contributed by atoms with Crippen LogP contribution in [0.2, 0.25) is 0 Å². The van der Waals surface area contributed by atoms with Gasteiger partial charge in [-0.3, -0.25) is 9.78 Å². The van der Waals surface area contributed by atoms with Gasteiger partial charge in [0.25, 0.3) is 0 Å². The Bertz CT molecular complexity index is 448. The van der Waals surface area contributed by atoms with Crippen LogP contribution in [0.3, 0.4) is 0 Å². The van der Waals surface area contributed by atoms with Crippen LogP contribution >= 0.6 is 0 Å². The fraction of sp³-hybridized carbons (Fsp3) is 0.571. The Morgan fingerprint density at radius 3 is 2.83 bits per heavy atom. The quantitative estimate of drug-likeness (QED) is 0.830. The number of aryl methyl sites for hydroxylation is 1. The fourth-order valence-corrected chi connectivity index (χ4v) is 3.02. The highest BCUT2D eigenvalue weighted by atomic mass is 16.2. The second-order valence-electron chi connectivity index (χ2n) is 5.42. The molecule has 0 spiro atoms. The van der Waals surface area contributed by atoms with Crippen LogP contribution in [0.1, 0.15) is 11.3 Å². The highest BCUT2D eigenvalue weighted by molar-refractivity contribution is 5.79. The third-order valence-corrected chi connectivity index (χ3v) is 4.18. The molecule has 3 heterocycles. The molecule has 96 valence electrons. The second kappa shape index (κ2) is 4.69. The maximum Gasteiger partial charge on any atom is 0.228 e. The minimum absolute atomic E-state index is 0.228. The van der Waals surface area contributed by atoms with E-state index in [4.69, 9.17) is 0 Å². The largest absolute Gasteiger partial charge is 0.342 e. The van der Waals surface area contributed by atoms with Crippen molar-refractivity contribution in [3.63, 3.8) is 0 Å². The number of amides is 1. The number of hydrogen-bond donors (Lipinski definition) is 1. The summed E-state index contributed by atoms with van der Waals surface area (Å²) in [7, 11) is 0. The van der Waals surface area contributed by atoms with E-state index in [9.17, 15) is 4.79 Å². The summed E-state index contributed by atoms with van der Waals surface area (Å²) in [5.41, 5.74) is 2.02. The summed E-state index contributed by atoms with van der Waals surface area (Å²) in [5, 5.41) is 3.39. The zero-order valence-electron chi connectivity index (χ0n) is 10.7. The van der Waals surface area contributed by atoms with Gasteiger partial charge in [0, 0.05) is 32.4 Å². The summed E-state index contributed by atoms with van der Waals surface area (Å²) in [5.74, 6) is 1.56. The lowest BCUT2D eigenvalue weighted by Gasteiger charge is -2.17. The van der Waals surface area contributed by atoms with E-state index in [2.05, 4.69) is 10.3 Å². The first kappa shape index (κ1) is 11.7. The Labute approximate surface area is 107 Å². The number of fused-ring (bicyclic) bond motifs is 1. The number of aromatic nitrogens is 1. The monoisotopic (exact) mass is 245 g/mol. The summed E-state index contributed by atoms with van der Waals surface area (Å²) in [6, 6.07) is 3.92. The number of carbonyl (C=O) groups excluding carboxylic acids is 1. The lowest BCUT2D eigenvalue weighted by molar-refractivity contribution is -0.129. The molecule has 0 saturated carbocycles. The van der Waals surface area contributed by atoms with Gasteiger partial charge < -0.3 is 10.2 Å². The predicted octanol–water partition coefficient (Wildman–Crippen LogP) is 0.610. The molecule has 1 N–H and O–H groups in total. The maximum absolute atomic E-state index is 12.3. The van der Waals surface area contributed by atoms with Gasteiger partial charge in [-0.05, 0) is 30.4 Å². The van der Waals surface area contributed by atoms with Crippen LogP contribution in [0, 0.1) is 18.8 Å². The van der Waals surface area contributed by atoms with Crippen molar-refractivity contribution in [2.24, 2.45) is 11.8 Å². The molecule has 2 fully saturated rings. The average molecular weight is 245 g/mol. The van der Waals surface area contributed by atoms with E-state index in [0.29, 0.717) is 18.3 Å². The van der Waals surface area contributed by atoms with Crippen LogP contribution in [0.5, 0.6) is 0 Å². The number of nitrogens with one attached hydrogen (secondary N) is 1.